The summed E-state index contributed by atoms with van der Waals surface area (Å²) in [6, 6.07) is 7.30. The van der Waals surface area contributed by atoms with Crippen molar-refractivity contribution in [2.75, 3.05) is 13.3 Å². The summed E-state index contributed by atoms with van der Waals surface area (Å²) in [6.07, 6.45) is 2.93. The van der Waals surface area contributed by atoms with Crippen LogP contribution < -0.4 is 20.1 Å². The molecule has 2 amide bonds. The van der Waals surface area contributed by atoms with Gasteiger partial charge in [-0.15, -0.1) is 0 Å². The zero-order valence-electron chi connectivity index (χ0n) is 15.9. The second-order valence-electron chi connectivity index (χ2n) is 6.67. The molecule has 0 radical (unpaired) electrons. The Hall–Kier alpha value is -3.14. The lowest BCUT2D eigenvalue weighted by atomic mass is 10.2. The molecule has 1 aromatic heterocycles. The van der Waals surface area contributed by atoms with Crippen LogP contribution in [0.5, 0.6) is 11.5 Å². The molecule has 0 saturated carbocycles. The van der Waals surface area contributed by atoms with Gasteiger partial charge in [-0.1, -0.05) is 6.07 Å². The van der Waals surface area contributed by atoms with Gasteiger partial charge in [-0.3, -0.25) is 14.6 Å². The SMILES string of the molecule is CC(C)NC(=O)C(=O)NC[C@@H](c1cccnc1)S(=O)(=O)c1ccc2c(c1)OCO2. The fourth-order valence-electron chi connectivity index (χ4n) is 2.78. The maximum atomic E-state index is 13.3. The molecule has 3 rings (SSSR count). The summed E-state index contributed by atoms with van der Waals surface area (Å²) in [5.41, 5.74) is 0.384. The third kappa shape index (κ3) is 4.65. The zero-order valence-corrected chi connectivity index (χ0v) is 16.7. The molecule has 1 atom stereocenters. The molecule has 0 aliphatic carbocycles. The van der Waals surface area contributed by atoms with Crippen molar-refractivity contribution in [2.24, 2.45) is 0 Å². The highest BCUT2D eigenvalue weighted by molar-refractivity contribution is 7.91. The van der Waals surface area contributed by atoms with Gasteiger partial charge in [0.05, 0.1) is 4.90 Å². The minimum atomic E-state index is -3.94. The van der Waals surface area contributed by atoms with E-state index >= 15 is 0 Å². The first-order valence-electron chi connectivity index (χ1n) is 8.91. The van der Waals surface area contributed by atoms with Crippen molar-refractivity contribution in [3.63, 3.8) is 0 Å². The van der Waals surface area contributed by atoms with Crippen LogP contribution in [0.1, 0.15) is 24.7 Å². The first-order chi connectivity index (χ1) is 13.8. The van der Waals surface area contributed by atoms with E-state index in [4.69, 9.17) is 9.47 Å². The molecule has 29 heavy (non-hydrogen) atoms. The quantitative estimate of drug-likeness (QED) is 0.669. The maximum absolute atomic E-state index is 13.3. The Morgan fingerprint density at radius 1 is 1.14 bits per heavy atom. The summed E-state index contributed by atoms with van der Waals surface area (Å²) in [4.78, 5) is 27.9. The van der Waals surface area contributed by atoms with Crippen LogP contribution in [0.3, 0.4) is 0 Å². The van der Waals surface area contributed by atoms with Gasteiger partial charge in [0.1, 0.15) is 5.25 Å². The van der Waals surface area contributed by atoms with E-state index < -0.39 is 26.9 Å². The number of hydrogen-bond donors (Lipinski definition) is 2. The predicted molar refractivity (Wildman–Crippen MR) is 103 cm³/mol. The van der Waals surface area contributed by atoms with E-state index in [0.717, 1.165) is 0 Å². The molecule has 2 N–H and O–H groups in total. The van der Waals surface area contributed by atoms with Gasteiger partial charge in [-0.2, -0.15) is 0 Å². The zero-order chi connectivity index (χ0) is 21.0. The lowest BCUT2D eigenvalue weighted by molar-refractivity contribution is -0.139. The molecular formula is C19H21N3O6S. The van der Waals surface area contributed by atoms with Gasteiger partial charge in [0.25, 0.3) is 0 Å². The Morgan fingerprint density at radius 2 is 1.90 bits per heavy atom. The Labute approximate surface area is 168 Å². The highest BCUT2D eigenvalue weighted by atomic mass is 32.2. The molecule has 0 bridgehead atoms. The van der Waals surface area contributed by atoms with Crippen LogP contribution in [0.4, 0.5) is 0 Å². The van der Waals surface area contributed by atoms with Gasteiger partial charge in [0, 0.05) is 31.0 Å². The van der Waals surface area contributed by atoms with Crippen molar-refractivity contribution in [1.29, 1.82) is 0 Å². The number of benzene rings is 1. The number of fused-ring (bicyclic) bond motifs is 1. The molecule has 0 spiro atoms. The van der Waals surface area contributed by atoms with Crippen LogP contribution in [0, 0.1) is 0 Å². The van der Waals surface area contributed by atoms with E-state index in [1.165, 1.54) is 30.6 Å². The number of hydrogen-bond acceptors (Lipinski definition) is 7. The van der Waals surface area contributed by atoms with E-state index in [1.54, 1.807) is 26.0 Å². The number of sulfone groups is 1. The third-order valence-corrected chi connectivity index (χ3v) is 6.28. The molecular weight excluding hydrogens is 398 g/mol. The molecule has 2 heterocycles. The predicted octanol–water partition coefficient (Wildman–Crippen LogP) is 0.966. The molecule has 0 fully saturated rings. The monoisotopic (exact) mass is 419 g/mol. The fraction of sp³-hybridized carbons (Fsp3) is 0.316. The number of nitrogens with one attached hydrogen (secondary N) is 2. The Morgan fingerprint density at radius 3 is 2.59 bits per heavy atom. The molecule has 0 unspecified atom stereocenters. The summed E-state index contributed by atoms with van der Waals surface area (Å²) in [5, 5.41) is 3.72. The number of carbonyl (C=O) groups is 2. The second-order valence-corrected chi connectivity index (χ2v) is 8.80. The lowest BCUT2D eigenvalue weighted by Crippen LogP contribution is -2.44. The van der Waals surface area contributed by atoms with Gasteiger partial charge in [-0.05, 0) is 37.6 Å². The highest BCUT2D eigenvalue weighted by Gasteiger charge is 2.32. The minimum Gasteiger partial charge on any atom is -0.454 e. The van der Waals surface area contributed by atoms with Crippen LogP contribution in [-0.4, -0.2) is 44.6 Å². The Kier molecular flexibility index (Phi) is 6.02. The summed E-state index contributed by atoms with van der Waals surface area (Å²) in [5.74, 6) is -0.948. The van der Waals surface area contributed by atoms with Crippen LogP contribution >= 0.6 is 0 Å². The van der Waals surface area contributed by atoms with Gasteiger partial charge in [0.15, 0.2) is 21.3 Å². The van der Waals surface area contributed by atoms with Crippen molar-refractivity contribution in [2.45, 2.75) is 30.0 Å². The largest absolute Gasteiger partial charge is 0.454 e. The molecule has 10 heteroatoms. The fourth-order valence-corrected chi connectivity index (χ4v) is 4.44. The summed E-state index contributed by atoms with van der Waals surface area (Å²) in [7, 11) is -3.94. The molecule has 154 valence electrons. The van der Waals surface area contributed by atoms with E-state index in [0.29, 0.717) is 17.1 Å². The lowest BCUT2D eigenvalue weighted by Gasteiger charge is -2.19. The van der Waals surface area contributed by atoms with E-state index in [9.17, 15) is 18.0 Å². The van der Waals surface area contributed by atoms with Crippen LogP contribution in [-0.2, 0) is 19.4 Å². The summed E-state index contributed by atoms with van der Waals surface area (Å²) < 4.78 is 37.1. The van der Waals surface area contributed by atoms with Crippen molar-refractivity contribution in [3.8, 4) is 11.5 Å². The Balaban J connectivity index is 1.87. The van der Waals surface area contributed by atoms with Gasteiger partial charge < -0.3 is 20.1 Å². The molecule has 2 aromatic rings. The van der Waals surface area contributed by atoms with Crippen LogP contribution in [0.15, 0.2) is 47.6 Å². The number of aromatic nitrogens is 1. The number of carbonyl (C=O) groups excluding carboxylic acids is 2. The van der Waals surface area contributed by atoms with E-state index in [-0.39, 0.29) is 24.3 Å². The number of ether oxygens (including phenoxy) is 2. The van der Waals surface area contributed by atoms with Gasteiger partial charge in [0.2, 0.25) is 6.79 Å². The molecule has 9 nitrogen and oxygen atoms in total. The number of rotatable bonds is 6. The van der Waals surface area contributed by atoms with Crippen molar-refractivity contribution >= 4 is 21.7 Å². The summed E-state index contributed by atoms with van der Waals surface area (Å²) >= 11 is 0. The number of nitrogens with zero attached hydrogens (tertiary/aromatic N) is 1. The van der Waals surface area contributed by atoms with Crippen LogP contribution in [0.25, 0.3) is 0 Å². The average Bonchev–Trinajstić information content (AvgIpc) is 3.16. The standard InChI is InChI=1S/C19H21N3O6S/c1-12(2)22-19(24)18(23)21-10-17(13-4-3-7-20-9-13)29(25,26)14-5-6-15-16(8-14)28-11-27-15/h3-9,12,17H,10-11H2,1-2H3,(H,21,23)(H,22,24)/t17-/m0/s1. The molecule has 1 aliphatic heterocycles. The first kappa shape index (κ1) is 20.6. The Bertz CT molecular complexity index is 1010. The van der Waals surface area contributed by atoms with Gasteiger partial charge in [-0.25, -0.2) is 8.42 Å². The highest BCUT2D eigenvalue weighted by Crippen LogP contribution is 2.37. The molecule has 1 aliphatic rings. The van der Waals surface area contributed by atoms with Crippen molar-refractivity contribution in [3.05, 3.63) is 48.3 Å². The second kappa shape index (κ2) is 8.48. The number of amides is 2. The molecule has 1 aromatic carbocycles. The normalized spacial score (nSPS) is 13.8. The topological polar surface area (TPSA) is 124 Å². The van der Waals surface area contributed by atoms with Crippen molar-refractivity contribution in [1.82, 2.24) is 15.6 Å². The third-order valence-electron chi connectivity index (χ3n) is 4.18. The first-order valence-corrected chi connectivity index (χ1v) is 10.5. The number of pyridine rings is 1. The smallest absolute Gasteiger partial charge is 0.309 e. The van der Waals surface area contributed by atoms with Crippen molar-refractivity contribution < 1.29 is 27.5 Å². The summed E-state index contributed by atoms with van der Waals surface area (Å²) in [6.45, 7) is 3.15. The van der Waals surface area contributed by atoms with E-state index in [2.05, 4.69) is 15.6 Å². The maximum Gasteiger partial charge on any atom is 0.309 e. The van der Waals surface area contributed by atoms with E-state index in [1.807, 2.05) is 0 Å². The van der Waals surface area contributed by atoms with Gasteiger partial charge >= 0.3 is 11.8 Å². The minimum absolute atomic E-state index is 0.0106. The average molecular weight is 419 g/mol. The van der Waals surface area contributed by atoms with Crippen LogP contribution in [0.2, 0.25) is 0 Å². The molecule has 0 saturated heterocycles.